The summed E-state index contributed by atoms with van der Waals surface area (Å²) in [5.74, 6) is 0.845. The zero-order chi connectivity index (χ0) is 20.6. The topological polar surface area (TPSA) is 120 Å². The van der Waals surface area contributed by atoms with E-state index in [0.717, 1.165) is 10.4 Å². The number of carbonyl (C=O) groups is 2. The minimum Gasteiger partial charge on any atom is -0.493 e. The fraction of sp³-hybridized carbons (Fsp3) is 0.211. The van der Waals surface area contributed by atoms with Gasteiger partial charge < -0.3 is 14.8 Å². The smallest absolute Gasteiger partial charge is 0.321 e. The van der Waals surface area contributed by atoms with Crippen molar-refractivity contribution in [1.29, 1.82) is 0 Å². The third-order valence-corrected chi connectivity index (χ3v) is 3.93. The van der Waals surface area contributed by atoms with E-state index in [-0.39, 0.29) is 6.54 Å². The second kappa shape index (κ2) is 9.31. The van der Waals surface area contributed by atoms with Gasteiger partial charge in [-0.2, -0.15) is 4.80 Å². The Labute approximate surface area is 166 Å². The van der Waals surface area contributed by atoms with Gasteiger partial charge >= 0.3 is 6.03 Å². The number of aromatic nitrogens is 4. The SMILES string of the molecule is COc1ccc(-c2nnn(CC(=O)NC(=O)NCc3ccccc3)n2)cc1OC. The van der Waals surface area contributed by atoms with Crippen LogP contribution >= 0.6 is 0 Å². The lowest BCUT2D eigenvalue weighted by Gasteiger charge is -2.07. The molecule has 1 aromatic heterocycles. The predicted octanol–water partition coefficient (Wildman–Crippen LogP) is 1.38. The van der Waals surface area contributed by atoms with E-state index in [2.05, 4.69) is 26.0 Å². The molecule has 29 heavy (non-hydrogen) atoms. The molecule has 150 valence electrons. The summed E-state index contributed by atoms with van der Waals surface area (Å²) >= 11 is 0. The highest BCUT2D eigenvalue weighted by Gasteiger charge is 2.13. The summed E-state index contributed by atoms with van der Waals surface area (Å²) in [6.45, 7) is 0.0595. The molecule has 0 bridgehead atoms. The Morgan fingerprint density at radius 1 is 1.03 bits per heavy atom. The molecule has 0 radical (unpaired) electrons. The van der Waals surface area contributed by atoms with Crippen LogP contribution in [0, 0.1) is 0 Å². The zero-order valence-electron chi connectivity index (χ0n) is 16.0. The highest BCUT2D eigenvalue weighted by Crippen LogP contribution is 2.30. The van der Waals surface area contributed by atoms with Crippen molar-refractivity contribution in [2.24, 2.45) is 0 Å². The van der Waals surface area contributed by atoms with E-state index in [1.165, 1.54) is 7.11 Å². The van der Waals surface area contributed by atoms with Crippen LogP contribution in [-0.2, 0) is 17.9 Å². The van der Waals surface area contributed by atoms with Gasteiger partial charge in [-0.15, -0.1) is 10.2 Å². The zero-order valence-corrected chi connectivity index (χ0v) is 16.0. The molecule has 2 aromatic carbocycles. The predicted molar refractivity (Wildman–Crippen MR) is 103 cm³/mol. The first-order valence-corrected chi connectivity index (χ1v) is 8.71. The van der Waals surface area contributed by atoms with E-state index in [1.54, 1.807) is 25.3 Å². The molecule has 0 aliphatic rings. The van der Waals surface area contributed by atoms with Crippen LogP contribution < -0.4 is 20.1 Å². The minimum absolute atomic E-state index is 0.251. The van der Waals surface area contributed by atoms with Crippen LogP contribution in [0.2, 0.25) is 0 Å². The maximum absolute atomic E-state index is 12.0. The van der Waals surface area contributed by atoms with Gasteiger partial charge in [-0.05, 0) is 29.0 Å². The number of nitrogens with one attached hydrogen (secondary N) is 2. The summed E-state index contributed by atoms with van der Waals surface area (Å²) in [5, 5.41) is 16.8. The Bertz CT molecular complexity index is 989. The third-order valence-electron chi connectivity index (χ3n) is 3.93. The molecule has 0 aliphatic heterocycles. The summed E-state index contributed by atoms with van der Waals surface area (Å²) in [6.07, 6.45) is 0. The number of tetrazole rings is 1. The summed E-state index contributed by atoms with van der Waals surface area (Å²) in [4.78, 5) is 25.0. The molecule has 0 spiro atoms. The van der Waals surface area contributed by atoms with Crippen LogP contribution in [0.1, 0.15) is 5.56 Å². The van der Waals surface area contributed by atoms with Crippen LogP contribution in [0.15, 0.2) is 48.5 Å². The van der Waals surface area contributed by atoms with E-state index in [1.807, 2.05) is 30.3 Å². The molecule has 10 nitrogen and oxygen atoms in total. The second-order valence-electron chi connectivity index (χ2n) is 5.93. The van der Waals surface area contributed by atoms with Gasteiger partial charge in [-0.3, -0.25) is 10.1 Å². The van der Waals surface area contributed by atoms with E-state index in [0.29, 0.717) is 29.4 Å². The van der Waals surface area contributed by atoms with Crippen molar-refractivity contribution in [3.05, 3.63) is 54.1 Å². The molecule has 0 saturated heterocycles. The van der Waals surface area contributed by atoms with Crippen molar-refractivity contribution < 1.29 is 19.1 Å². The first-order valence-electron chi connectivity index (χ1n) is 8.71. The molecule has 3 amide bonds. The Balaban J connectivity index is 1.55. The minimum atomic E-state index is -0.598. The number of imide groups is 1. The number of hydrogen-bond donors (Lipinski definition) is 2. The van der Waals surface area contributed by atoms with Crippen molar-refractivity contribution in [2.75, 3.05) is 14.2 Å². The monoisotopic (exact) mass is 396 g/mol. The average Bonchev–Trinajstić information content (AvgIpc) is 3.20. The number of rotatable bonds is 7. The van der Waals surface area contributed by atoms with E-state index < -0.39 is 11.9 Å². The molecule has 3 aromatic rings. The molecule has 0 saturated carbocycles. The first kappa shape index (κ1) is 19.8. The average molecular weight is 396 g/mol. The summed E-state index contributed by atoms with van der Waals surface area (Å²) < 4.78 is 10.4. The Hall–Kier alpha value is -3.95. The van der Waals surface area contributed by atoms with Crippen LogP contribution in [0.25, 0.3) is 11.4 Å². The van der Waals surface area contributed by atoms with Gasteiger partial charge in [0.2, 0.25) is 5.82 Å². The quantitative estimate of drug-likeness (QED) is 0.619. The third kappa shape index (κ3) is 5.28. The lowest BCUT2D eigenvalue weighted by molar-refractivity contribution is -0.121. The van der Waals surface area contributed by atoms with Crippen LogP contribution in [0.5, 0.6) is 11.5 Å². The number of carbonyl (C=O) groups excluding carboxylic acids is 2. The van der Waals surface area contributed by atoms with Gasteiger partial charge in [0, 0.05) is 12.1 Å². The number of ether oxygens (including phenoxy) is 2. The molecule has 10 heteroatoms. The van der Waals surface area contributed by atoms with Gasteiger partial charge in [0.25, 0.3) is 5.91 Å². The molecule has 0 aliphatic carbocycles. The lowest BCUT2D eigenvalue weighted by atomic mass is 10.2. The molecular formula is C19H20N6O4. The standard InChI is InChI=1S/C19H20N6O4/c1-28-15-9-8-14(10-16(15)29-2)18-22-24-25(23-18)12-17(26)21-19(27)20-11-13-6-4-3-5-7-13/h3-10H,11-12H2,1-2H3,(H2,20,21,26,27). The second-order valence-corrected chi connectivity index (χ2v) is 5.93. The maximum Gasteiger partial charge on any atom is 0.321 e. The van der Waals surface area contributed by atoms with Crippen molar-refractivity contribution in [3.63, 3.8) is 0 Å². The van der Waals surface area contributed by atoms with Gasteiger partial charge in [0.1, 0.15) is 6.54 Å². The van der Waals surface area contributed by atoms with Crippen LogP contribution in [-0.4, -0.2) is 46.4 Å². The largest absolute Gasteiger partial charge is 0.493 e. The van der Waals surface area contributed by atoms with Crippen molar-refractivity contribution in [2.45, 2.75) is 13.1 Å². The molecule has 0 fully saturated rings. The number of nitrogens with zero attached hydrogens (tertiary/aromatic N) is 4. The Kier molecular flexibility index (Phi) is 6.36. The van der Waals surface area contributed by atoms with E-state index >= 15 is 0 Å². The summed E-state index contributed by atoms with van der Waals surface area (Å²) in [6, 6.07) is 13.9. The van der Waals surface area contributed by atoms with E-state index in [4.69, 9.17) is 9.47 Å². The Morgan fingerprint density at radius 3 is 2.52 bits per heavy atom. The van der Waals surface area contributed by atoms with Gasteiger partial charge in [-0.25, -0.2) is 4.79 Å². The first-order chi connectivity index (χ1) is 14.1. The highest BCUT2D eigenvalue weighted by molar-refractivity contribution is 5.94. The van der Waals surface area contributed by atoms with E-state index in [9.17, 15) is 9.59 Å². The molecule has 3 rings (SSSR count). The van der Waals surface area contributed by atoms with Gasteiger partial charge in [0.15, 0.2) is 11.5 Å². The molecule has 2 N–H and O–H groups in total. The fourth-order valence-corrected chi connectivity index (χ4v) is 2.52. The van der Waals surface area contributed by atoms with Gasteiger partial charge in [0.05, 0.1) is 14.2 Å². The molecule has 1 heterocycles. The van der Waals surface area contributed by atoms with Crippen molar-refractivity contribution in [3.8, 4) is 22.9 Å². The maximum atomic E-state index is 12.0. The fourth-order valence-electron chi connectivity index (χ4n) is 2.52. The number of urea groups is 1. The molecule has 0 atom stereocenters. The number of methoxy groups -OCH3 is 2. The lowest BCUT2D eigenvalue weighted by Crippen LogP contribution is -2.40. The van der Waals surface area contributed by atoms with Crippen LogP contribution in [0.3, 0.4) is 0 Å². The van der Waals surface area contributed by atoms with Crippen molar-refractivity contribution >= 4 is 11.9 Å². The summed E-state index contributed by atoms with van der Waals surface area (Å²) in [7, 11) is 3.07. The van der Waals surface area contributed by atoms with Crippen LogP contribution in [0.4, 0.5) is 4.79 Å². The normalized spacial score (nSPS) is 10.3. The van der Waals surface area contributed by atoms with Gasteiger partial charge in [-0.1, -0.05) is 30.3 Å². The number of hydrogen-bond acceptors (Lipinski definition) is 7. The van der Waals surface area contributed by atoms with Crippen molar-refractivity contribution in [1.82, 2.24) is 30.8 Å². The number of amides is 3. The molecule has 0 unspecified atom stereocenters. The highest BCUT2D eigenvalue weighted by atomic mass is 16.5. The number of benzene rings is 2. The Morgan fingerprint density at radius 2 is 1.79 bits per heavy atom. The summed E-state index contributed by atoms with van der Waals surface area (Å²) in [5.41, 5.74) is 1.57. The molecular weight excluding hydrogens is 376 g/mol.